The molecular formula is C20H28N6O. The molecule has 1 atom stereocenters. The van der Waals surface area contributed by atoms with E-state index in [0.717, 1.165) is 60.0 Å². The number of hydrogen-bond acceptors (Lipinski definition) is 5. The van der Waals surface area contributed by atoms with E-state index < -0.39 is 0 Å². The molecule has 4 rings (SSSR count). The summed E-state index contributed by atoms with van der Waals surface area (Å²) in [7, 11) is 2.15. The number of likely N-dealkylation sites (tertiary alicyclic amines) is 1. The second-order valence-electron chi connectivity index (χ2n) is 7.97. The first kappa shape index (κ1) is 18.1. The Bertz CT molecular complexity index is 874. The average molecular weight is 368 g/mol. The molecule has 0 radical (unpaired) electrons. The van der Waals surface area contributed by atoms with E-state index in [2.05, 4.69) is 22.0 Å². The number of rotatable bonds is 3. The highest BCUT2D eigenvalue weighted by molar-refractivity contribution is 5.76. The lowest BCUT2D eigenvalue weighted by atomic mass is 10.0. The van der Waals surface area contributed by atoms with Gasteiger partial charge in [-0.15, -0.1) is 0 Å². The number of nitrogens with zero attached hydrogens (tertiary/aromatic N) is 6. The fourth-order valence-electron chi connectivity index (χ4n) is 4.06. The first-order chi connectivity index (χ1) is 12.9. The minimum Gasteiger partial charge on any atom is -0.336 e. The molecule has 0 aromatic carbocycles. The van der Waals surface area contributed by atoms with E-state index in [1.165, 1.54) is 0 Å². The van der Waals surface area contributed by atoms with E-state index in [1.54, 1.807) is 0 Å². The molecule has 0 spiro atoms. The number of aromatic nitrogens is 4. The Morgan fingerprint density at radius 2 is 2.07 bits per heavy atom. The minimum atomic E-state index is 0.104. The number of aryl methyl sites for hydroxylation is 1. The number of amides is 1. The Morgan fingerprint density at radius 1 is 1.26 bits per heavy atom. The highest BCUT2D eigenvalue weighted by atomic mass is 16.2. The predicted molar refractivity (Wildman–Crippen MR) is 102 cm³/mol. The van der Waals surface area contributed by atoms with Gasteiger partial charge in [0.1, 0.15) is 12.4 Å². The van der Waals surface area contributed by atoms with Gasteiger partial charge in [0.15, 0.2) is 0 Å². The Labute approximate surface area is 160 Å². The van der Waals surface area contributed by atoms with Crippen molar-refractivity contribution in [2.45, 2.75) is 52.6 Å². The first-order valence-corrected chi connectivity index (χ1v) is 9.74. The maximum absolute atomic E-state index is 12.8. The molecule has 2 aromatic rings. The van der Waals surface area contributed by atoms with Gasteiger partial charge in [-0.3, -0.25) is 9.48 Å². The zero-order valence-electron chi connectivity index (χ0n) is 16.7. The molecule has 0 saturated carbocycles. The highest BCUT2D eigenvalue weighted by Crippen LogP contribution is 2.25. The van der Waals surface area contributed by atoms with Crippen molar-refractivity contribution in [2.75, 3.05) is 26.7 Å². The van der Waals surface area contributed by atoms with Crippen molar-refractivity contribution in [1.29, 1.82) is 0 Å². The van der Waals surface area contributed by atoms with Crippen LogP contribution < -0.4 is 0 Å². The van der Waals surface area contributed by atoms with E-state index >= 15 is 0 Å². The molecule has 1 amide bonds. The summed E-state index contributed by atoms with van der Waals surface area (Å²) in [6.07, 6.45) is 3.86. The minimum absolute atomic E-state index is 0.104. The molecule has 1 saturated heterocycles. The summed E-state index contributed by atoms with van der Waals surface area (Å²) in [6, 6.07) is 0. The van der Waals surface area contributed by atoms with E-state index in [9.17, 15) is 4.79 Å². The number of carbonyl (C=O) groups is 1. The average Bonchev–Trinajstić information content (AvgIpc) is 3.20. The van der Waals surface area contributed by atoms with Crippen LogP contribution in [0.4, 0.5) is 0 Å². The number of hydrogen-bond donors (Lipinski definition) is 0. The zero-order chi connectivity index (χ0) is 19.1. The van der Waals surface area contributed by atoms with Crippen LogP contribution in [-0.4, -0.2) is 62.1 Å². The molecule has 0 aliphatic carbocycles. The second-order valence-corrected chi connectivity index (χ2v) is 7.97. The molecule has 7 nitrogen and oxygen atoms in total. The lowest BCUT2D eigenvalue weighted by Crippen LogP contribution is -2.39. The molecule has 1 fully saturated rings. The molecule has 0 unspecified atom stereocenters. The molecule has 4 heterocycles. The Hall–Kier alpha value is -2.28. The van der Waals surface area contributed by atoms with Crippen LogP contribution in [0.15, 0.2) is 6.20 Å². The molecule has 2 aromatic heterocycles. The third-order valence-electron chi connectivity index (χ3n) is 6.09. The van der Waals surface area contributed by atoms with Crippen LogP contribution in [0.3, 0.4) is 0 Å². The topological polar surface area (TPSA) is 67.2 Å². The SMILES string of the molecule is Cc1nn(CC(=O)N2CCc3nc([C@H]4CCN(C)C4)ncc3C2)c(C)c1C. The number of likely N-dealkylation sites (N-methyl/N-ethyl adjacent to an activating group) is 1. The monoisotopic (exact) mass is 368 g/mol. The molecule has 2 aliphatic heterocycles. The smallest absolute Gasteiger partial charge is 0.244 e. The van der Waals surface area contributed by atoms with Gasteiger partial charge in [0, 0.05) is 49.4 Å². The van der Waals surface area contributed by atoms with Crippen molar-refractivity contribution in [2.24, 2.45) is 0 Å². The van der Waals surface area contributed by atoms with E-state index in [-0.39, 0.29) is 5.91 Å². The van der Waals surface area contributed by atoms with Gasteiger partial charge in [-0.25, -0.2) is 9.97 Å². The summed E-state index contributed by atoms with van der Waals surface area (Å²) < 4.78 is 1.82. The van der Waals surface area contributed by atoms with Crippen LogP contribution >= 0.6 is 0 Å². The van der Waals surface area contributed by atoms with Crippen molar-refractivity contribution >= 4 is 5.91 Å². The highest BCUT2D eigenvalue weighted by Gasteiger charge is 2.27. The van der Waals surface area contributed by atoms with Gasteiger partial charge in [-0.05, 0) is 46.3 Å². The lowest BCUT2D eigenvalue weighted by molar-refractivity contribution is -0.133. The van der Waals surface area contributed by atoms with Crippen LogP contribution in [0.1, 0.15) is 46.4 Å². The van der Waals surface area contributed by atoms with Crippen LogP contribution in [0.25, 0.3) is 0 Å². The van der Waals surface area contributed by atoms with Crippen molar-refractivity contribution < 1.29 is 4.79 Å². The molecule has 7 heteroatoms. The third kappa shape index (κ3) is 3.48. The largest absolute Gasteiger partial charge is 0.336 e. The van der Waals surface area contributed by atoms with Crippen LogP contribution in [0.2, 0.25) is 0 Å². The summed E-state index contributed by atoms with van der Waals surface area (Å²) in [5.74, 6) is 1.51. The van der Waals surface area contributed by atoms with E-state index in [4.69, 9.17) is 4.98 Å². The molecular weight excluding hydrogens is 340 g/mol. The van der Waals surface area contributed by atoms with Crippen LogP contribution in [-0.2, 0) is 24.3 Å². The van der Waals surface area contributed by atoms with E-state index in [0.29, 0.717) is 25.6 Å². The maximum atomic E-state index is 12.8. The standard InChI is InChI=1S/C20H28N6O/c1-13-14(2)23-26(15(13)3)12-19(27)25-8-6-18-17(11-25)9-21-20(22-18)16-5-7-24(4)10-16/h9,16H,5-8,10-12H2,1-4H3/t16-/m0/s1. The van der Waals surface area contributed by atoms with Crippen LogP contribution in [0, 0.1) is 20.8 Å². The van der Waals surface area contributed by atoms with Crippen LogP contribution in [0.5, 0.6) is 0 Å². The molecule has 27 heavy (non-hydrogen) atoms. The van der Waals surface area contributed by atoms with Gasteiger partial charge in [-0.2, -0.15) is 5.10 Å². The Balaban J connectivity index is 1.45. The summed E-state index contributed by atoms with van der Waals surface area (Å²) in [5, 5.41) is 4.49. The summed E-state index contributed by atoms with van der Waals surface area (Å²) in [4.78, 5) is 26.5. The molecule has 0 bridgehead atoms. The maximum Gasteiger partial charge on any atom is 0.244 e. The Kier molecular flexibility index (Phi) is 4.72. The number of carbonyl (C=O) groups excluding carboxylic acids is 1. The summed E-state index contributed by atoms with van der Waals surface area (Å²) in [6.45, 7) is 9.80. The fourth-order valence-corrected chi connectivity index (χ4v) is 4.06. The van der Waals surface area contributed by atoms with Gasteiger partial charge < -0.3 is 9.80 Å². The fraction of sp³-hybridized carbons (Fsp3) is 0.600. The second kappa shape index (κ2) is 7.03. The van der Waals surface area contributed by atoms with Crippen molar-refractivity contribution in [3.05, 3.63) is 40.2 Å². The van der Waals surface area contributed by atoms with Gasteiger partial charge in [0.25, 0.3) is 0 Å². The van der Waals surface area contributed by atoms with Gasteiger partial charge in [0.05, 0.1) is 11.4 Å². The zero-order valence-corrected chi connectivity index (χ0v) is 16.7. The normalized spacial score (nSPS) is 20.1. The lowest BCUT2D eigenvalue weighted by Gasteiger charge is -2.28. The predicted octanol–water partition coefficient (Wildman–Crippen LogP) is 1.60. The quantitative estimate of drug-likeness (QED) is 0.823. The van der Waals surface area contributed by atoms with Gasteiger partial charge >= 0.3 is 0 Å². The van der Waals surface area contributed by atoms with Crippen molar-refractivity contribution in [1.82, 2.24) is 29.5 Å². The van der Waals surface area contributed by atoms with E-state index in [1.807, 2.05) is 36.5 Å². The first-order valence-electron chi connectivity index (χ1n) is 9.74. The third-order valence-corrected chi connectivity index (χ3v) is 6.09. The molecule has 0 N–H and O–H groups in total. The summed E-state index contributed by atoms with van der Waals surface area (Å²) >= 11 is 0. The van der Waals surface area contributed by atoms with Crippen molar-refractivity contribution in [3.8, 4) is 0 Å². The van der Waals surface area contributed by atoms with Crippen molar-refractivity contribution in [3.63, 3.8) is 0 Å². The van der Waals surface area contributed by atoms with Gasteiger partial charge in [-0.1, -0.05) is 0 Å². The summed E-state index contributed by atoms with van der Waals surface area (Å²) in [5.41, 5.74) is 5.40. The Morgan fingerprint density at radius 3 is 2.74 bits per heavy atom. The number of fused-ring (bicyclic) bond motifs is 1. The molecule has 144 valence electrons. The van der Waals surface area contributed by atoms with Gasteiger partial charge in [0.2, 0.25) is 5.91 Å². The molecule has 2 aliphatic rings.